The SMILES string of the molecule is O=C(Nc1nnc(Cc2ccccc2)s1)[C@@H]1CC(c2cccc(F)c2)=NO1. The van der Waals surface area contributed by atoms with Crippen molar-refractivity contribution in [3.8, 4) is 0 Å². The van der Waals surface area contributed by atoms with Gasteiger partial charge in [0, 0.05) is 18.4 Å². The van der Waals surface area contributed by atoms with Gasteiger partial charge in [0.05, 0.1) is 5.71 Å². The molecule has 0 spiro atoms. The summed E-state index contributed by atoms with van der Waals surface area (Å²) in [6.45, 7) is 0. The van der Waals surface area contributed by atoms with Gasteiger partial charge in [0.2, 0.25) is 11.2 Å². The van der Waals surface area contributed by atoms with Crippen molar-refractivity contribution in [2.75, 3.05) is 5.32 Å². The van der Waals surface area contributed by atoms with Crippen LogP contribution in [0.15, 0.2) is 59.8 Å². The van der Waals surface area contributed by atoms with E-state index in [9.17, 15) is 9.18 Å². The number of rotatable bonds is 5. The summed E-state index contributed by atoms with van der Waals surface area (Å²) in [7, 11) is 0. The number of halogens is 1. The second-order valence-corrected chi connectivity index (χ2v) is 7.06. The van der Waals surface area contributed by atoms with Crippen LogP contribution in [0.3, 0.4) is 0 Å². The molecule has 6 nitrogen and oxygen atoms in total. The maximum Gasteiger partial charge on any atom is 0.270 e. The minimum atomic E-state index is -0.773. The monoisotopic (exact) mass is 382 g/mol. The van der Waals surface area contributed by atoms with Crippen molar-refractivity contribution < 1.29 is 14.0 Å². The molecule has 1 aromatic heterocycles. The molecule has 0 unspecified atom stereocenters. The Hall–Kier alpha value is -3.13. The smallest absolute Gasteiger partial charge is 0.270 e. The van der Waals surface area contributed by atoms with E-state index in [-0.39, 0.29) is 18.1 Å². The van der Waals surface area contributed by atoms with Gasteiger partial charge in [-0.15, -0.1) is 10.2 Å². The van der Waals surface area contributed by atoms with Crippen LogP contribution in [-0.2, 0) is 16.1 Å². The molecule has 0 bridgehead atoms. The van der Waals surface area contributed by atoms with E-state index in [2.05, 4.69) is 20.7 Å². The zero-order valence-corrected chi connectivity index (χ0v) is 14.9. The molecule has 0 saturated heterocycles. The number of benzene rings is 2. The van der Waals surface area contributed by atoms with Crippen molar-refractivity contribution in [3.05, 3.63) is 76.5 Å². The van der Waals surface area contributed by atoms with Gasteiger partial charge in [-0.3, -0.25) is 10.1 Å². The van der Waals surface area contributed by atoms with E-state index in [1.807, 2.05) is 30.3 Å². The van der Waals surface area contributed by atoms with Crippen LogP contribution >= 0.6 is 11.3 Å². The Morgan fingerprint density at radius 2 is 2.04 bits per heavy atom. The fraction of sp³-hybridized carbons (Fsp3) is 0.158. The Balaban J connectivity index is 1.35. The van der Waals surface area contributed by atoms with Gasteiger partial charge in [0.15, 0.2) is 0 Å². The zero-order chi connectivity index (χ0) is 18.6. The lowest BCUT2D eigenvalue weighted by molar-refractivity contribution is -0.125. The fourth-order valence-electron chi connectivity index (χ4n) is 2.69. The second kappa shape index (κ2) is 7.63. The van der Waals surface area contributed by atoms with E-state index in [1.54, 1.807) is 12.1 Å². The highest BCUT2D eigenvalue weighted by Crippen LogP contribution is 2.22. The Bertz CT molecular complexity index is 990. The van der Waals surface area contributed by atoms with E-state index in [1.165, 1.54) is 23.5 Å². The van der Waals surface area contributed by atoms with Crippen LogP contribution in [0, 0.1) is 5.82 Å². The van der Waals surface area contributed by atoms with Gasteiger partial charge in [0.1, 0.15) is 10.8 Å². The number of hydrogen-bond donors (Lipinski definition) is 1. The van der Waals surface area contributed by atoms with E-state index in [0.717, 1.165) is 10.6 Å². The maximum atomic E-state index is 13.3. The van der Waals surface area contributed by atoms with Gasteiger partial charge in [-0.2, -0.15) is 0 Å². The third kappa shape index (κ3) is 4.17. The van der Waals surface area contributed by atoms with Crippen molar-refractivity contribution in [3.63, 3.8) is 0 Å². The quantitative estimate of drug-likeness (QED) is 0.734. The highest BCUT2D eigenvalue weighted by atomic mass is 32.1. The predicted octanol–water partition coefficient (Wildman–Crippen LogP) is 3.40. The average Bonchev–Trinajstić information content (AvgIpc) is 3.32. The first-order valence-electron chi connectivity index (χ1n) is 8.33. The molecule has 1 amide bonds. The number of aromatic nitrogens is 2. The Morgan fingerprint density at radius 1 is 1.19 bits per heavy atom. The first-order valence-corrected chi connectivity index (χ1v) is 9.15. The molecule has 27 heavy (non-hydrogen) atoms. The summed E-state index contributed by atoms with van der Waals surface area (Å²) in [5.41, 5.74) is 2.27. The maximum absolute atomic E-state index is 13.3. The van der Waals surface area contributed by atoms with Gasteiger partial charge in [0.25, 0.3) is 5.91 Å². The minimum Gasteiger partial charge on any atom is -0.382 e. The molecule has 3 aromatic rings. The van der Waals surface area contributed by atoms with E-state index < -0.39 is 6.10 Å². The molecule has 0 aliphatic carbocycles. The molecule has 0 fully saturated rings. The molecule has 1 N–H and O–H groups in total. The fourth-order valence-corrected chi connectivity index (χ4v) is 3.47. The Morgan fingerprint density at radius 3 is 2.85 bits per heavy atom. The lowest BCUT2D eigenvalue weighted by Gasteiger charge is -2.06. The van der Waals surface area contributed by atoms with Crippen LogP contribution in [0.25, 0.3) is 0 Å². The molecule has 1 atom stereocenters. The average molecular weight is 382 g/mol. The van der Waals surface area contributed by atoms with Gasteiger partial charge in [-0.05, 0) is 17.7 Å². The van der Waals surface area contributed by atoms with Crippen LogP contribution in [0.2, 0.25) is 0 Å². The molecule has 136 valence electrons. The van der Waals surface area contributed by atoms with Crippen LogP contribution in [-0.4, -0.2) is 27.9 Å². The number of nitrogens with zero attached hydrogens (tertiary/aromatic N) is 3. The van der Waals surface area contributed by atoms with Crippen LogP contribution in [0.4, 0.5) is 9.52 Å². The first-order chi connectivity index (χ1) is 13.2. The summed E-state index contributed by atoms with van der Waals surface area (Å²) in [5.74, 6) is -0.713. The summed E-state index contributed by atoms with van der Waals surface area (Å²) in [5, 5.41) is 15.9. The van der Waals surface area contributed by atoms with Crippen molar-refractivity contribution in [2.45, 2.75) is 18.9 Å². The summed E-state index contributed by atoms with van der Waals surface area (Å²) in [6, 6.07) is 15.9. The second-order valence-electron chi connectivity index (χ2n) is 6.00. The van der Waals surface area contributed by atoms with E-state index in [0.29, 0.717) is 22.8 Å². The lowest BCUT2D eigenvalue weighted by Crippen LogP contribution is -2.28. The number of carbonyl (C=O) groups excluding carboxylic acids is 1. The normalized spacial score (nSPS) is 15.9. The summed E-state index contributed by atoms with van der Waals surface area (Å²) in [4.78, 5) is 17.6. The first kappa shape index (κ1) is 17.3. The molecular formula is C19H15FN4O2S. The molecule has 2 aromatic carbocycles. The number of hydrogen-bond acceptors (Lipinski definition) is 6. The zero-order valence-electron chi connectivity index (χ0n) is 14.1. The molecular weight excluding hydrogens is 367 g/mol. The molecule has 1 aliphatic rings. The van der Waals surface area contributed by atoms with Crippen molar-refractivity contribution in [1.29, 1.82) is 0 Å². The van der Waals surface area contributed by atoms with Crippen LogP contribution < -0.4 is 5.32 Å². The molecule has 4 rings (SSSR count). The summed E-state index contributed by atoms with van der Waals surface area (Å²) < 4.78 is 13.3. The van der Waals surface area contributed by atoms with Gasteiger partial charge in [-0.25, -0.2) is 4.39 Å². The minimum absolute atomic E-state index is 0.269. The van der Waals surface area contributed by atoms with Crippen LogP contribution in [0.1, 0.15) is 22.6 Å². The highest BCUT2D eigenvalue weighted by molar-refractivity contribution is 7.15. The Kier molecular flexibility index (Phi) is 4.88. The lowest BCUT2D eigenvalue weighted by atomic mass is 10.0. The predicted molar refractivity (Wildman–Crippen MR) is 100 cm³/mol. The molecule has 2 heterocycles. The third-order valence-corrected chi connectivity index (χ3v) is 4.85. The van der Waals surface area contributed by atoms with Gasteiger partial charge in [-0.1, -0.05) is 59.0 Å². The Labute approximate surface area is 158 Å². The number of amides is 1. The summed E-state index contributed by atoms with van der Waals surface area (Å²) in [6.07, 6.45) is 0.149. The van der Waals surface area contributed by atoms with Gasteiger partial charge >= 0.3 is 0 Å². The van der Waals surface area contributed by atoms with Gasteiger partial charge < -0.3 is 4.84 Å². The van der Waals surface area contributed by atoms with Crippen molar-refractivity contribution in [2.24, 2.45) is 5.16 Å². The number of oxime groups is 1. The van der Waals surface area contributed by atoms with E-state index in [4.69, 9.17) is 4.84 Å². The molecule has 0 radical (unpaired) electrons. The number of nitrogens with one attached hydrogen (secondary N) is 1. The van der Waals surface area contributed by atoms with E-state index >= 15 is 0 Å². The topological polar surface area (TPSA) is 76.5 Å². The molecule has 0 saturated carbocycles. The summed E-state index contributed by atoms with van der Waals surface area (Å²) >= 11 is 1.32. The number of anilines is 1. The molecule has 1 aliphatic heterocycles. The number of carbonyl (C=O) groups is 1. The standard InChI is InChI=1S/C19H15FN4O2S/c20-14-8-4-7-13(10-14)15-11-16(26-24-15)18(25)21-19-23-22-17(27-19)9-12-5-2-1-3-6-12/h1-8,10,16H,9,11H2,(H,21,23,25)/t16-/m0/s1. The molecule has 8 heteroatoms. The van der Waals surface area contributed by atoms with Crippen molar-refractivity contribution >= 4 is 28.1 Å². The highest BCUT2D eigenvalue weighted by Gasteiger charge is 2.29. The largest absolute Gasteiger partial charge is 0.382 e. The van der Waals surface area contributed by atoms with Crippen molar-refractivity contribution in [1.82, 2.24) is 10.2 Å². The third-order valence-electron chi connectivity index (χ3n) is 4.01. The van der Waals surface area contributed by atoms with Crippen LogP contribution in [0.5, 0.6) is 0 Å².